The van der Waals surface area contributed by atoms with Crippen molar-refractivity contribution in [2.24, 2.45) is 5.92 Å². The van der Waals surface area contributed by atoms with Gasteiger partial charge in [0, 0.05) is 25.5 Å². The van der Waals surface area contributed by atoms with Crippen molar-refractivity contribution >= 4 is 17.3 Å². The summed E-state index contributed by atoms with van der Waals surface area (Å²) in [7, 11) is 1.19. The molecule has 0 bridgehead atoms. The van der Waals surface area contributed by atoms with Crippen LogP contribution in [0, 0.1) is 16.0 Å². The molecule has 8 heteroatoms. The molecule has 2 rings (SSSR count). The standard InChI is InChI=1S/C15H18F2N2O4/c1-23-14(20)11-2-3-12(13(8-11)19(21)22)18-9-10-4-6-15(16,17)7-5-10/h2-3,8,10,18H,4-7,9H2,1H3. The van der Waals surface area contributed by atoms with Gasteiger partial charge in [-0.25, -0.2) is 13.6 Å². The Hall–Kier alpha value is -2.25. The van der Waals surface area contributed by atoms with E-state index in [0.717, 1.165) is 6.07 Å². The molecule has 0 radical (unpaired) electrons. The largest absolute Gasteiger partial charge is 0.465 e. The third-order valence-electron chi connectivity index (χ3n) is 4.03. The number of carbonyl (C=O) groups excluding carboxylic acids is 1. The number of hydrogen-bond donors (Lipinski definition) is 1. The second-order valence-corrected chi connectivity index (χ2v) is 5.66. The molecule has 1 aromatic rings. The van der Waals surface area contributed by atoms with Crippen molar-refractivity contribution < 1.29 is 23.2 Å². The minimum absolute atomic E-state index is 0.0505. The van der Waals surface area contributed by atoms with Crippen LogP contribution in [0.2, 0.25) is 0 Å². The van der Waals surface area contributed by atoms with E-state index in [4.69, 9.17) is 0 Å². The summed E-state index contributed by atoms with van der Waals surface area (Å²) in [6.07, 6.45) is 0.466. The Labute approximate surface area is 132 Å². The van der Waals surface area contributed by atoms with E-state index in [9.17, 15) is 23.7 Å². The zero-order valence-electron chi connectivity index (χ0n) is 12.7. The molecule has 0 heterocycles. The van der Waals surface area contributed by atoms with E-state index in [-0.39, 0.29) is 35.7 Å². The fourth-order valence-electron chi connectivity index (χ4n) is 2.64. The summed E-state index contributed by atoms with van der Waals surface area (Å²) in [5, 5.41) is 14.1. The molecule has 0 aromatic heterocycles. The highest BCUT2D eigenvalue weighted by molar-refractivity contribution is 5.91. The minimum atomic E-state index is -2.59. The van der Waals surface area contributed by atoms with Crippen LogP contribution in [-0.4, -0.2) is 30.5 Å². The molecule has 1 aromatic carbocycles. The molecule has 0 aliphatic heterocycles. The molecular weight excluding hydrogens is 310 g/mol. The topological polar surface area (TPSA) is 81.5 Å². The maximum absolute atomic E-state index is 13.1. The number of alkyl halides is 2. The first kappa shape index (κ1) is 17.1. The van der Waals surface area contributed by atoms with Crippen molar-refractivity contribution in [1.29, 1.82) is 0 Å². The highest BCUT2D eigenvalue weighted by Gasteiger charge is 2.34. The lowest BCUT2D eigenvalue weighted by Crippen LogP contribution is -2.28. The third kappa shape index (κ3) is 4.37. The summed E-state index contributed by atoms with van der Waals surface area (Å²) in [5.74, 6) is -3.20. The molecule has 1 aliphatic rings. The number of nitrogens with one attached hydrogen (secondary N) is 1. The zero-order chi connectivity index (χ0) is 17.0. The van der Waals surface area contributed by atoms with Crippen LogP contribution in [0.25, 0.3) is 0 Å². The van der Waals surface area contributed by atoms with Crippen LogP contribution >= 0.6 is 0 Å². The van der Waals surface area contributed by atoms with Gasteiger partial charge in [-0.3, -0.25) is 10.1 Å². The molecule has 23 heavy (non-hydrogen) atoms. The van der Waals surface area contributed by atoms with Crippen LogP contribution in [-0.2, 0) is 4.74 Å². The summed E-state index contributed by atoms with van der Waals surface area (Å²) in [6, 6.07) is 4.00. The van der Waals surface area contributed by atoms with Crippen molar-refractivity contribution in [3.8, 4) is 0 Å². The number of nitro groups is 1. The van der Waals surface area contributed by atoms with Crippen molar-refractivity contribution in [2.75, 3.05) is 19.0 Å². The van der Waals surface area contributed by atoms with Crippen LogP contribution < -0.4 is 5.32 Å². The maximum Gasteiger partial charge on any atom is 0.338 e. The predicted molar refractivity (Wildman–Crippen MR) is 79.8 cm³/mol. The number of carbonyl (C=O) groups is 1. The van der Waals surface area contributed by atoms with Gasteiger partial charge in [-0.15, -0.1) is 0 Å². The number of halogens is 2. The Bertz CT molecular complexity index is 597. The number of benzene rings is 1. The highest BCUT2D eigenvalue weighted by Crippen LogP contribution is 2.36. The zero-order valence-corrected chi connectivity index (χ0v) is 12.7. The van der Waals surface area contributed by atoms with Gasteiger partial charge in [0.05, 0.1) is 17.6 Å². The quantitative estimate of drug-likeness (QED) is 0.507. The van der Waals surface area contributed by atoms with Crippen molar-refractivity contribution in [2.45, 2.75) is 31.6 Å². The SMILES string of the molecule is COC(=O)c1ccc(NCC2CCC(F)(F)CC2)c([N+](=O)[O-])c1. The van der Waals surface area contributed by atoms with Gasteiger partial charge in [-0.05, 0) is 30.9 Å². The van der Waals surface area contributed by atoms with E-state index in [0.29, 0.717) is 19.4 Å². The lowest BCUT2D eigenvalue weighted by Gasteiger charge is -2.28. The fraction of sp³-hybridized carbons (Fsp3) is 0.533. The molecule has 126 valence electrons. The van der Waals surface area contributed by atoms with Crippen LogP contribution in [0.4, 0.5) is 20.2 Å². The maximum atomic E-state index is 13.1. The summed E-state index contributed by atoms with van der Waals surface area (Å²) < 4.78 is 30.8. The molecule has 1 fully saturated rings. The predicted octanol–water partition coefficient (Wildman–Crippen LogP) is 3.62. The van der Waals surface area contributed by atoms with Gasteiger partial charge < -0.3 is 10.1 Å². The van der Waals surface area contributed by atoms with Gasteiger partial charge >= 0.3 is 5.97 Å². The van der Waals surface area contributed by atoms with Crippen LogP contribution in [0.15, 0.2) is 18.2 Å². The molecule has 0 spiro atoms. The van der Waals surface area contributed by atoms with E-state index in [1.54, 1.807) is 0 Å². The molecule has 1 aliphatic carbocycles. The smallest absolute Gasteiger partial charge is 0.338 e. The molecule has 0 amide bonds. The van der Waals surface area contributed by atoms with Gasteiger partial charge in [-0.1, -0.05) is 0 Å². The van der Waals surface area contributed by atoms with E-state index < -0.39 is 16.8 Å². The normalized spacial score (nSPS) is 17.5. The lowest BCUT2D eigenvalue weighted by molar-refractivity contribution is -0.384. The van der Waals surface area contributed by atoms with Crippen LogP contribution in [0.5, 0.6) is 0 Å². The number of nitro benzene ring substituents is 1. The van der Waals surface area contributed by atoms with Gasteiger partial charge in [0.2, 0.25) is 5.92 Å². The minimum Gasteiger partial charge on any atom is -0.465 e. The number of esters is 1. The number of ether oxygens (including phenoxy) is 1. The van der Waals surface area contributed by atoms with Gasteiger partial charge in [0.1, 0.15) is 5.69 Å². The van der Waals surface area contributed by atoms with Crippen LogP contribution in [0.3, 0.4) is 0 Å². The van der Waals surface area contributed by atoms with Gasteiger partial charge in [-0.2, -0.15) is 0 Å². The Morgan fingerprint density at radius 1 is 1.43 bits per heavy atom. The summed E-state index contributed by atoms with van der Waals surface area (Å²) in [4.78, 5) is 22.0. The van der Waals surface area contributed by atoms with Crippen LogP contribution in [0.1, 0.15) is 36.0 Å². The van der Waals surface area contributed by atoms with Gasteiger partial charge in [0.15, 0.2) is 0 Å². The Balaban J connectivity index is 2.05. The number of rotatable bonds is 5. The van der Waals surface area contributed by atoms with E-state index in [1.165, 1.54) is 19.2 Å². The third-order valence-corrected chi connectivity index (χ3v) is 4.03. The Morgan fingerprint density at radius 2 is 2.09 bits per heavy atom. The van der Waals surface area contributed by atoms with Crippen molar-refractivity contribution in [3.05, 3.63) is 33.9 Å². The Morgan fingerprint density at radius 3 is 2.65 bits per heavy atom. The number of anilines is 1. The average molecular weight is 328 g/mol. The van der Waals surface area contributed by atoms with E-state index in [1.807, 2.05) is 0 Å². The molecule has 6 nitrogen and oxygen atoms in total. The molecule has 0 atom stereocenters. The average Bonchev–Trinajstić information content (AvgIpc) is 2.53. The summed E-state index contributed by atoms with van der Waals surface area (Å²) in [6.45, 7) is 0.383. The first-order valence-electron chi connectivity index (χ1n) is 7.31. The fourth-order valence-corrected chi connectivity index (χ4v) is 2.64. The molecule has 1 N–H and O–H groups in total. The second-order valence-electron chi connectivity index (χ2n) is 5.66. The summed E-state index contributed by atoms with van der Waals surface area (Å²) >= 11 is 0. The number of methoxy groups -OCH3 is 1. The first-order chi connectivity index (χ1) is 10.8. The monoisotopic (exact) mass is 328 g/mol. The van der Waals surface area contributed by atoms with E-state index >= 15 is 0 Å². The second kappa shape index (κ2) is 6.89. The lowest BCUT2D eigenvalue weighted by atomic mass is 9.87. The summed E-state index contributed by atoms with van der Waals surface area (Å²) in [5.41, 5.74) is 0.107. The number of nitrogens with zero attached hydrogens (tertiary/aromatic N) is 1. The number of hydrogen-bond acceptors (Lipinski definition) is 5. The molecule has 1 saturated carbocycles. The molecule has 0 saturated heterocycles. The first-order valence-corrected chi connectivity index (χ1v) is 7.31. The van der Waals surface area contributed by atoms with Gasteiger partial charge in [0.25, 0.3) is 5.69 Å². The van der Waals surface area contributed by atoms with Crippen molar-refractivity contribution in [1.82, 2.24) is 0 Å². The molecular formula is C15H18F2N2O4. The molecule has 0 unspecified atom stereocenters. The van der Waals surface area contributed by atoms with E-state index in [2.05, 4.69) is 10.1 Å². The highest BCUT2D eigenvalue weighted by atomic mass is 19.3. The van der Waals surface area contributed by atoms with Crippen molar-refractivity contribution in [3.63, 3.8) is 0 Å². The Kier molecular flexibility index (Phi) is 5.12.